The fourth-order valence-corrected chi connectivity index (χ4v) is 5.09. The van der Waals surface area contributed by atoms with Gasteiger partial charge in [-0.3, -0.25) is 4.72 Å². The molecule has 0 saturated carbocycles. The van der Waals surface area contributed by atoms with Gasteiger partial charge in [-0.2, -0.15) is 0 Å². The topological polar surface area (TPSA) is 58.2 Å². The highest BCUT2D eigenvalue weighted by Gasteiger charge is 2.22. The van der Waals surface area contributed by atoms with E-state index in [1.165, 1.54) is 0 Å². The maximum absolute atomic E-state index is 12.1. The van der Waals surface area contributed by atoms with E-state index in [0.29, 0.717) is 21.2 Å². The summed E-state index contributed by atoms with van der Waals surface area (Å²) in [5.41, 5.74) is 0.501. The molecule has 1 aromatic rings. The van der Waals surface area contributed by atoms with E-state index in [1.807, 2.05) is 0 Å². The van der Waals surface area contributed by atoms with Gasteiger partial charge in [-0.1, -0.05) is 15.9 Å². The van der Waals surface area contributed by atoms with Crippen molar-refractivity contribution in [2.45, 2.75) is 12.2 Å². The summed E-state index contributed by atoms with van der Waals surface area (Å²) in [5.74, 6) is 0. The van der Waals surface area contributed by atoms with Crippen molar-refractivity contribution in [2.24, 2.45) is 0 Å². The van der Waals surface area contributed by atoms with Gasteiger partial charge in [0.1, 0.15) is 0 Å². The molecule has 1 rings (SSSR count). The minimum Gasteiger partial charge on any atom is -0.318 e. The van der Waals surface area contributed by atoms with Gasteiger partial charge in [-0.25, -0.2) is 8.42 Å². The standard InChI is InChI=1S/C10H13Br3N2O2S/c1-6(5-14-2)18(16,17)15-10-8(12)3-7(11)4-9(10)13/h3-4,6,14-15H,5H2,1-2H3. The number of nitrogens with one attached hydrogen (secondary N) is 2. The smallest absolute Gasteiger partial charge is 0.236 e. The molecule has 0 bridgehead atoms. The first-order valence-electron chi connectivity index (χ1n) is 5.08. The fraction of sp³-hybridized carbons (Fsp3) is 0.400. The summed E-state index contributed by atoms with van der Waals surface area (Å²) in [7, 11) is -1.70. The van der Waals surface area contributed by atoms with Crippen molar-refractivity contribution in [1.29, 1.82) is 0 Å². The van der Waals surface area contributed by atoms with Crippen LogP contribution in [0, 0.1) is 0 Å². The zero-order valence-electron chi connectivity index (χ0n) is 9.80. The zero-order chi connectivity index (χ0) is 13.9. The number of hydrogen-bond acceptors (Lipinski definition) is 3. The van der Waals surface area contributed by atoms with E-state index in [1.54, 1.807) is 26.1 Å². The molecular formula is C10H13Br3N2O2S. The van der Waals surface area contributed by atoms with E-state index in [0.717, 1.165) is 4.47 Å². The highest BCUT2D eigenvalue weighted by atomic mass is 79.9. The second-order valence-corrected chi connectivity index (χ2v) is 8.48. The van der Waals surface area contributed by atoms with Crippen LogP contribution in [0.3, 0.4) is 0 Å². The van der Waals surface area contributed by atoms with Crippen molar-refractivity contribution in [1.82, 2.24) is 5.32 Å². The highest BCUT2D eigenvalue weighted by molar-refractivity contribution is 9.11. The summed E-state index contributed by atoms with van der Waals surface area (Å²) < 4.78 is 28.9. The van der Waals surface area contributed by atoms with E-state index in [4.69, 9.17) is 0 Å². The predicted molar refractivity (Wildman–Crippen MR) is 85.5 cm³/mol. The molecule has 1 atom stereocenters. The monoisotopic (exact) mass is 462 g/mol. The maximum atomic E-state index is 12.1. The summed E-state index contributed by atoms with van der Waals surface area (Å²) in [6.07, 6.45) is 0. The Hall–Kier alpha value is 0.370. The second-order valence-electron chi connectivity index (χ2n) is 3.76. The van der Waals surface area contributed by atoms with Crippen LogP contribution in [0.1, 0.15) is 6.92 Å². The third-order valence-corrected chi connectivity index (χ3v) is 5.70. The van der Waals surface area contributed by atoms with E-state index in [-0.39, 0.29) is 0 Å². The summed E-state index contributed by atoms with van der Waals surface area (Å²) in [4.78, 5) is 0. The van der Waals surface area contributed by atoms with Crippen LogP contribution in [0.2, 0.25) is 0 Å². The average molecular weight is 465 g/mol. The first-order valence-corrected chi connectivity index (χ1v) is 9.01. The number of benzene rings is 1. The first kappa shape index (κ1) is 16.4. The number of sulfonamides is 1. The van der Waals surface area contributed by atoms with Crippen molar-refractivity contribution in [3.05, 3.63) is 25.6 Å². The van der Waals surface area contributed by atoms with Crippen LogP contribution in [0.4, 0.5) is 5.69 Å². The summed E-state index contributed by atoms with van der Waals surface area (Å²) in [5, 5.41) is 2.32. The van der Waals surface area contributed by atoms with Crippen molar-refractivity contribution < 1.29 is 8.42 Å². The van der Waals surface area contributed by atoms with Gasteiger partial charge in [0, 0.05) is 20.0 Å². The largest absolute Gasteiger partial charge is 0.318 e. The maximum Gasteiger partial charge on any atom is 0.236 e. The lowest BCUT2D eigenvalue weighted by atomic mass is 10.3. The first-order chi connectivity index (χ1) is 8.27. The number of hydrogen-bond donors (Lipinski definition) is 2. The molecule has 0 fully saturated rings. The lowest BCUT2D eigenvalue weighted by Gasteiger charge is -2.16. The van der Waals surface area contributed by atoms with Gasteiger partial charge in [0.25, 0.3) is 0 Å². The molecule has 1 aromatic carbocycles. The van der Waals surface area contributed by atoms with Crippen LogP contribution in [-0.2, 0) is 10.0 Å². The van der Waals surface area contributed by atoms with E-state index >= 15 is 0 Å². The quantitative estimate of drug-likeness (QED) is 0.702. The fourth-order valence-electron chi connectivity index (χ4n) is 1.28. The van der Waals surface area contributed by atoms with Crippen molar-refractivity contribution in [3.63, 3.8) is 0 Å². The number of halogens is 3. The van der Waals surface area contributed by atoms with Crippen molar-refractivity contribution in [3.8, 4) is 0 Å². The van der Waals surface area contributed by atoms with E-state index in [9.17, 15) is 8.42 Å². The highest BCUT2D eigenvalue weighted by Crippen LogP contribution is 2.35. The van der Waals surface area contributed by atoms with Crippen molar-refractivity contribution >= 4 is 63.5 Å². The van der Waals surface area contributed by atoms with Gasteiger partial charge < -0.3 is 5.32 Å². The summed E-state index contributed by atoms with van der Waals surface area (Å²) in [6, 6.07) is 3.57. The van der Waals surface area contributed by atoms with Crippen LogP contribution in [0.25, 0.3) is 0 Å². The Morgan fingerprint density at radius 2 is 1.72 bits per heavy atom. The van der Waals surface area contributed by atoms with Gasteiger partial charge in [-0.15, -0.1) is 0 Å². The third-order valence-electron chi connectivity index (χ3n) is 2.27. The molecule has 4 nitrogen and oxygen atoms in total. The minimum absolute atomic E-state index is 0.390. The Morgan fingerprint density at radius 1 is 1.22 bits per heavy atom. The van der Waals surface area contributed by atoms with E-state index < -0.39 is 15.3 Å². The molecule has 2 N–H and O–H groups in total. The molecule has 0 saturated heterocycles. The van der Waals surface area contributed by atoms with Gasteiger partial charge in [-0.05, 0) is 58.0 Å². The van der Waals surface area contributed by atoms with Gasteiger partial charge in [0.05, 0.1) is 10.9 Å². The van der Waals surface area contributed by atoms with Crippen LogP contribution in [-0.4, -0.2) is 27.3 Å². The van der Waals surface area contributed by atoms with Crippen molar-refractivity contribution in [2.75, 3.05) is 18.3 Å². The normalized spacial score (nSPS) is 13.4. The second kappa shape index (κ2) is 6.69. The molecule has 0 radical (unpaired) electrons. The Balaban J connectivity index is 3.05. The van der Waals surface area contributed by atoms with E-state index in [2.05, 4.69) is 57.8 Å². The van der Waals surface area contributed by atoms with Gasteiger partial charge in [0.2, 0.25) is 10.0 Å². The summed E-state index contributed by atoms with van der Waals surface area (Å²) >= 11 is 10.0. The van der Waals surface area contributed by atoms with Crippen LogP contribution in [0.5, 0.6) is 0 Å². The molecule has 1 unspecified atom stereocenters. The Bertz CT molecular complexity index is 511. The molecule has 0 aliphatic carbocycles. The molecule has 102 valence electrons. The van der Waals surface area contributed by atoms with Gasteiger partial charge >= 0.3 is 0 Å². The molecule has 18 heavy (non-hydrogen) atoms. The molecule has 0 spiro atoms. The zero-order valence-corrected chi connectivity index (χ0v) is 15.4. The average Bonchev–Trinajstić information content (AvgIpc) is 2.23. The number of rotatable bonds is 5. The molecule has 0 heterocycles. The lowest BCUT2D eigenvalue weighted by Crippen LogP contribution is -2.33. The molecule has 0 aliphatic rings. The van der Waals surface area contributed by atoms with Crippen LogP contribution >= 0.6 is 47.8 Å². The Kier molecular flexibility index (Phi) is 6.11. The molecule has 8 heteroatoms. The molecular weight excluding hydrogens is 452 g/mol. The molecule has 0 aliphatic heterocycles. The SMILES string of the molecule is CNCC(C)S(=O)(=O)Nc1c(Br)cc(Br)cc1Br. The molecule has 0 amide bonds. The lowest BCUT2D eigenvalue weighted by molar-refractivity contribution is 0.583. The van der Waals surface area contributed by atoms with Crippen LogP contribution < -0.4 is 10.0 Å². The summed E-state index contributed by atoms with van der Waals surface area (Å²) in [6.45, 7) is 2.04. The Morgan fingerprint density at radius 3 is 2.17 bits per heavy atom. The minimum atomic E-state index is -3.42. The predicted octanol–water partition coefficient (Wildman–Crippen LogP) is 3.32. The molecule has 0 aromatic heterocycles. The Labute approximate surface area is 132 Å². The van der Waals surface area contributed by atoms with Crippen LogP contribution in [0.15, 0.2) is 25.6 Å². The number of anilines is 1. The third kappa shape index (κ3) is 4.19. The van der Waals surface area contributed by atoms with Gasteiger partial charge in [0.15, 0.2) is 0 Å².